The number of hydrogen-bond donors (Lipinski definition) is 1. The lowest BCUT2D eigenvalue weighted by atomic mass is 10.2. The number of methoxy groups -OCH3 is 1. The molecule has 1 N–H and O–H groups in total. The van der Waals surface area contributed by atoms with E-state index in [0.29, 0.717) is 12.4 Å². The van der Waals surface area contributed by atoms with Gasteiger partial charge >= 0.3 is 0 Å². The Balaban J connectivity index is 2.08. The number of rotatable bonds is 5. The van der Waals surface area contributed by atoms with E-state index < -0.39 is 0 Å². The van der Waals surface area contributed by atoms with Crippen LogP contribution in [0.25, 0.3) is 17.1 Å². The predicted octanol–water partition coefficient (Wildman–Crippen LogP) is 2.06. The molecule has 0 fully saturated rings. The molecule has 3 aromatic rings. The lowest BCUT2D eigenvalue weighted by molar-refractivity contribution is 0.397. The SMILES string of the molecule is CNCc1cc(-c2ccccn2)n(-c2ccc(OC)nc2)n1. The summed E-state index contributed by atoms with van der Waals surface area (Å²) in [6, 6.07) is 11.6. The molecule has 0 amide bonds. The van der Waals surface area contributed by atoms with Crippen molar-refractivity contribution >= 4 is 0 Å². The van der Waals surface area contributed by atoms with Gasteiger partial charge in [0.1, 0.15) is 0 Å². The average molecular weight is 295 g/mol. The third-order valence-corrected chi connectivity index (χ3v) is 3.22. The quantitative estimate of drug-likeness (QED) is 0.780. The first-order valence-electron chi connectivity index (χ1n) is 6.97. The summed E-state index contributed by atoms with van der Waals surface area (Å²) < 4.78 is 6.95. The van der Waals surface area contributed by atoms with E-state index >= 15 is 0 Å². The van der Waals surface area contributed by atoms with Crippen LogP contribution in [0.5, 0.6) is 5.88 Å². The average Bonchev–Trinajstić information content (AvgIpc) is 3.00. The van der Waals surface area contributed by atoms with Crippen LogP contribution in [0.3, 0.4) is 0 Å². The van der Waals surface area contributed by atoms with Gasteiger partial charge < -0.3 is 10.1 Å². The van der Waals surface area contributed by atoms with Gasteiger partial charge in [0.15, 0.2) is 0 Å². The third kappa shape index (κ3) is 2.82. The molecular weight excluding hydrogens is 278 g/mol. The van der Waals surface area contributed by atoms with Gasteiger partial charge in [-0.1, -0.05) is 6.07 Å². The van der Waals surface area contributed by atoms with Crippen LogP contribution in [0.1, 0.15) is 5.69 Å². The van der Waals surface area contributed by atoms with Crippen molar-refractivity contribution in [3.8, 4) is 23.0 Å². The van der Waals surface area contributed by atoms with E-state index in [1.807, 2.05) is 48.1 Å². The maximum absolute atomic E-state index is 5.10. The first kappa shape index (κ1) is 14.2. The molecule has 0 saturated heterocycles. The van der Waals surface area contributed by atoms with E-state index in [0.717, 1.165) is 22.8 Å². The summed E-state index contributed by atoms with van der Waals surface area (Å²) in [6.45, 7) is 0.691. The van der Waals surface area contributed by atoms with E-state index in [1.165, 1.54) is 0 Å². The maximum atomic E-state index is 5.10. The second-order valence-corrected chi connectivity index (χ2v) is 4.74. The Morgan fingerprint density at radius 3 is 2.73 bits per heavy atom. The number of ether oxygens (including phenoxy) is 1. The van der Waals surface area contributed by atoms with Gasteiger partial charge in [-0.05, 0) is 31.3 Å². The summed E-state index contributed by atoms with van der Waals surface area (Å²) in [5.74, 6) is 0.575. The van der Waals surface area contributed by atoms with Gasteiger partial charge in [0.2, 0.25) is 5.88 Å². The van der Waals surface area contributed by atoms with E-state index in [-0.39, 0.29) is 0 Å². The Hall–Kier alpha value is -2.73. The largest absolute Gasteiger partial charge is 0.481 e. The van der Waals surface area contributed by atoms with Gasteiger partial charge in [-0.3, -0.25) is 4.98 Å². The van der Waals surface area contributed by atoms with Gasteiger partial charge in [0, 0.05) is 18.8 Å². The molecule has 22 heavy (non-hydrogen) atoms. The first-order valence-corrected chi connectivity index (χ1v) is 6.97. The Morgan fingerprint density at radius 2 is 2.09 bits per heavy atom. The Morgan fingerprint density at radius 1 is 1.18 bits per heavy atom. The van der Waals surface area contributed by atoms with Crippen molar-refractivity contribution in [3.05, 3.63) is 54.5 Å². The lowest BCUT2D eigenvalue weighted by Crippen LogP contribution is -2.06. The zero-order chi connectivity index (χ0) is 15.4. The molecule has 0 unspecified atom stereocenters. The molecule has 0 saturated carbocycles. The van der Waals surface area contributed by atoms with Crippen molar-refractivity contribution < 1.29 is 4.74 Å². The molecule has 0 aromatic carbocycles. The van der Waals surface area contributed by atoms with Gasteiger partial charge in [-0.25, -0.2) is 9.67 Å². The van der Waals surface area contributed by atoms with E-state index in [9.17, 15) is 0 Å². The van der Waals surface area contributed by atoms with Gasteiger partial charge in [-0.2, -0.15) is 5.10 Å². The number of nitrogens with one attached hydrogen (secondary N) is 1. The van der Waals surface area contributed by atoms with Gasteiger partial charge in [0.25, 0.3) is 0 Å². The molecule has 6 nitrogen and oxygen atoms in total. The normalized spacial score (nSPS) is 10.6. The number of hydrogen-bond acceptors (Lipinski definition) is 5. The molecule has 3 rings (SSSR count). The Labute approximate surface area is 128 Å². The maximum Gasteiger partial charge on any atom is 0.213 e. The van der Waals surface area contributed by atoms with Crippen LogP contribution >= 0.6 is 0 Å². The van der Waals surface area contributed by atoms with Crippen molar-refractivity contribution in [2.45, 2.75) is 6.54 Å². The fourth-order valence-corrected chi connectivity index (χ4v) is 2.21. The molecule has 0 atom stereocenters. The van der Waals surface area contributed by atoms with Gasteiger partial charge in [-0.15, -0.1) is 0 Å². The predicted molar refractivity (Wildman–Crippen MR) is 83.9 cm³/mol. The summed E-state index contributed by atoms with van der Waals surface area (Å²) in [5.41, 5.74) is 3.61. The summed E-state index contributed by atoms with van der Waals surface area (Å²) in [6.07, 6.45) is 3.51. The van der Waals surface area contributed by atoms with Crippen molar-refractivity contribution in [2.24, 2.45) is 0 Å². The molecule has 0 spiro atoms. The van der Waals surface area contributed by atoms with E-state index in [1.54, 1.807) is 19.5 Å². The fourth-order valence-electron chi connectivity index (χ4n) is 2.21. The van der Waals surface area contributed by atoms with Crippen LogP contribution in [0, 0.1) is 0 Å². The van der Waals surface area contributed by atoms with Crippen LogP contribution in [0.15, 0.2) is 48.8 Å². The summed E-state index contributed by atoms with van der Waals surface area (Å²) in [5, 5.41) is 7.75. The standard InChI is InChI=1S/C16H17N5O/c1-17-10-12-9-15(14-5-3-4-8-18-14)21(20-12)13-6-7-16(22-2)19-11-13/h3-9,11,17H,10H2,1-2H3. The minimum absolute atomic E-state index is 0.575. The minimum atomic E-state index is 0.575. The first-order chi connectivity index (χ1) is 10.8. The van der Waals surface area contributed by atoms with Gasteiger partial charge in [0.05, 0.1) is 36.1 Å². The van der Waals surface area contributed by atoms with E-state index in [2.05, 4.69) is 20.4 Å². The van der Waals surface area contributed by atoms with Crippen LogP contribution < -0.4 is 10.1 Å². The molecule has 6 heteroatoms. The molecule has 0 bridgehead atoms. The molecule has 0 radical (unpaired) electrons. The Bertz CT molecular complexity index is 737. The molecule has 112 valence electrons. The highest BCUT2D eigenvalue weighted by atomic mass is 16.5. The van der Waals surface area contributed by atoms with Crippen LogP contribution in [0.4, 0.5) is 0 Å². The second kappa shape index (κ2) is 6.36. The molecule has 3 heterocycles. The van der Waals surface area contributed by atoms with E-state index in [4.69, 9.17) is 4.74 Å². The van der Waals surface area contributed by atoms with Crippen LogP contribution in [-0.4, -0.2) is 33.9 Å². The van der Waals surface area contributed by atoms with Crippen molar-refractivity contribution in [1.82, 2.24) is 25.1 Å². The number of aromatic nitrogens is 4. The number of nitrogens with zero attached hydrogens (tertiary/aromatic N) is 4. The monoisotopic (exact) mass is 295 g/mol. The summed E-state index contributed by atoms with van der Waals surface area (Å²) in [4.78, 5) is 8.66. The zero-order valence-corrected chi connectivity index (χ0v) is 12.5. The smallest absolute Gasteiger partial charge is 0.213 e. The minimum Gasteiger partial charge on any atom is -0.481 e. The van der Waals surface area contributed by atoms with Crippen LogP contribution in [-0.2, 0) is 6.54 Å². The topological polar surface area (TPSA) is 64.9 Å². The highest BCUT2D eigenvalue weighted by Crippen LogP contribution is 2.22. The number of pyridine rings is 2. The highest BCUT2D eigenvalue weighted by Gasteiger charge is 2.12. The molecule has 0 aliphatic carbocycles. The molecule has 0 aliphatic heterocycles. The van der Waals surface area contributed by atoms with Crippen LogP contribution in [0.2, 0.25) is 0 Å². The molecular formula is C16H17N5O. The highest BCUT2D eigenvalue weighted by molar-refractivity contribution is 5.58. The fraction of sp³-hybridized carbons (Fsp3) is 0.188. The summed E-state index contributed by atoms with van der Waals surface area (Å²) >= 11 is 0. The lowest BCUT2D eigenvalue weighted by Gasteiger charge is -2.07. The summed E-state index contributed by atoms with van der Waals surface area (Å²) in [7, 11) is 3.49. The molecule has 3 aromatic heterocycles. The van der Waals surface area contributed by atoms with Crippen molar-refractivity contribution in [2.75, 3.05) is 14.2 Å². The second-order valence-electron chi connectivity index (χ2n) is 4.74. The Kier molecular flexibility index (Phi) is 4.11. The zero-order valence-electron chi connectivity index (χ0n) is 12.5. The molecule has 0 aliphatic rings. The van der Waals surface area contributed by atoms with Crippen molar-refractivity contribution in [3.63, 3.8) is 0 Å². The third-order valence-electron chi connectivity index (χ3n) is 3.22. The van der Waals surface area contributed by atoms with Crippen molar-refractivity contribution in [1.29, 1.82) is 0 Å².